The van der Waals surface area contributed by atoms with Gasteiger partial charge in [-0.3, -0.25) is 9.59 Å². The maximum atomic E-state index is 13.0. The Balaban J connectivity index is 1.65. The van der Waals surface area contributed by atoms with Crippen molar-refractivity contribution >= 4 is 11.7 Å². The number of unbranched alkanes of at least 4 members (excludes halogenated alkanes) is 9. The zero-order chi connectivity index (χ0) is 20.9. The van der Waals surface area contributed by atoms with Crippen molar-refractivity contribution in [3.05, 3.63) is 35.9 Å². The molecule has 29 heavy (non-hydrogen) atoms. The van der Waals surface area contributed by atoms with Gasteiger partial charge in [0.1, 0.15) is 11.7 Å². The van der Waals surface area contributed by atoms with Gasteiger partial charge in [-0.05, 0) is 24.3 Å². The van der Waals surface area contributed by atoms with Crippen LogP contribution >= 0.6 is 0 Å². The van der Waals surface area contributed by atoms with Crippen LogP contribution in [-0.4, -0.2) is 18.2 Å². The largest absolute Gasteiger partial charge is 0.355 e. The third kappa shape index (κ3) is 8.32. The summed E-state index contributed by atoms with van der Waals surface area (Å²) in [5.41, 5.74) is 1.20. The molecular weight excluding hydrogens is 358 g/mol. The van der Waals surface area contributed by atoms with Crippen molar-refractivity contribution in [2.75, 3.05) is 6.54 Å². The van der Waals surface area contributed by atoms with Gasteiger partial charge in [0, 0.05) is 12.5 Å². The molecule has 1 aromatic rings. The summed E-state index contributed by atoms with van der Waals surface area (Å²) in [6.07, 6.45) is 14.8. The molecule has 1 saturated heterocycles. The minimum absolute atomic E-state index is 0.0174. The third-order valence-corrected chi connectivity index (χ3v) is 6.42. The first kappa shape index (κ1) is 23.6. The molecule has 1 heterocycles. The summed E-state index contributed by atoms with van der Waals surface area (Å²) in [5, 5.41) is 2.92. The number of carbonyl (C=O) groups excluding carboxylic acids is 2. The van der Waals surface area contributed by atoms with E-state index in [1.165, 1.54) is 63.4 Å². The second-order valence-corrected chi connectivity index (χ2v) is 8.95. The van der Waals surface area contributed by atoms with Crippen LogP contribution in [0.3, 0.4) is 0 Å². The van der Waals surface area contributed by atoms with E-state index in [0.717, 1.165) is 19.3 Å². The van der Waals surface area contributed by atoms with Crippen molar-refractivity contribution in [1.29, 1.82) is 0 Å². The van der Waals surface area contributed by atoms with Crippen LogP contribution in [0.25, 0.3) is 0 Å². The normalized spacial score (nSPS) is 19.9. The summed E-state index contributed by atoms with van der Waals surface area (Å²) in [5.74, 6) is -0.306. The second kappa shape index (κ2) is 13.6. The number of nitrogens with one attached hydrogen (secondary N) is 1. The molecule has 162 valence electrons. The number of hydrogen-bond donors (Lipinski definition) is 1. The molecule has 1 aliphatic rings. The van der Waals surface area contributed by atoms with Crippen LogP contribution in [0.2, 0.25) is 0 Å². The molecule has 1 fully saturated rings. The Morgan fingerprint density at radius 1 is 0.966 bits per heavy atom. The van der Waals surface area contributed by atoms with Crippen molar-refractivity contribution in [3.8, 4) is 0 Å². The molecule has 3 atom stereocenters. The van der Waals surface area contributed by atoms with E-state index in [4.69, 9.17) is 0 Å². The first-order valence-corrected chi connectivity index (χ1v) is 12.0. The van der Waals surface area contributed by atoms with Gasteiger partial charge >= 0.3 is 0 Å². The highest BCUT2D eigenvalue weighted by molar-refractivity contribution is 6.03. The van der Waals surface area contributed by atoms with Crippen molar-refractivity contribution in [2.45, 2.75) is 90.9 Å². The number of ketones is 1. The highest BCUT2D eigenvalue weighted by Gasteiger charge is 2.41. The fourth-order valence-corrected chi connectivity index (χ4v) is 4.53. The van der Waals surface area contributed by atoms with Crippen molar-refractivity contribution in [3.63, 3.8) is 0 Å². The van der Waals surface area contributed by atoms with Gasteiger partial charge in [0.25, 0.3) is 0 Å². The summed E-state index contributed by atoms with van der Waals surface area (Å²) in [6.45, 7) is 4.89. The molecule has 1 aliphatic heterocycles. The van der Waals surface area contributed by atoms with Gasteiger partial charge in [-0.15, -0.1) is 0 Å². The molecule has 0 saturated carbocycles. The maximum absolute atomic E-state index is 13.0. The van der Waals surface area contributed by atoms with Gasteiger partial charge in [0.15, 0.2) is 0 Å². The molecule has 3 nitrogen and oxygen atoms in total. The molecule has 0 spiro atoms. The van der Waals surface area contributed by atoms with Gasteiger partial charge < -0.3 is 5.32 Å². The molecule has 1 amide bonds. The zero-order valence-corrected chi connectivity index (χ0v) is 18.6. The van der Waals surface area contributed by atoms with Crippen LogP contribution in [0.4, 0.5) is 0 Å². The van der Waals surface area contributed by atoms with E-state index in [9.17, 15) is 9.59 Å². The van der Waals surface area contributed by atoms with Crippen molar-refractivity contribution in [2.24, 2.45) is 17.8 Å². The van der Waals surface area contributed by atoms with Gasteiger partial charge in [0.2, 0.25) is 5.91 Å². The van der Waals surface area contributed by atoms with Crippen LogP contribution in [-0.2, 0) is 16.0 Å². The van der Waals surface area contributed by atoms with Crippen LogP contribution < -0.4 is 5.32 Å². The average molecular weight is 400 g/mol. The molecular formula is C26H41NO2. The Morgan fingerprint density at radius 2 is 1.55 bits per heavy atom. The van der Waals surface area contributed by atoms with E-state index in [1.807, 2.05) is 25.1 Å². The Labute approximate surface area is 178 Å². The third-order valence-electron chi connectivity index (χ3n) is 6.42. The monoisotopic (exact) mass is 399 g/mol. The van der Waals surface area contributed by atoms with Crippen molar-refractivity contribution < 1.29 is 9.59 Å². The summed E-state index contributed by atoms with van der Waals surface area (Å²) >= 11 is 0. The fourth-order valence-electron chi connectivity index (χ4n) is 4.53. The molecule has 0 bridgehead atoms. The van der Waals surface area contributed by atoms with Gasteiger partial charge in [0.05, 0.1) is 0 Å². The Hall–Kier alpha value is -1.64. The molecule has 1 aromatic carbocycles. The lowest BCUT2D eigenvalue weighted by molar-refractivity contribution is -0.135. The lowest BCUT2D eigenvalue weighted by atomic mass is 9.81. The SMILES string of the molecule is CCCCCCCCCCCC[C@@H](C)C(=O)[C@@H]1C(=O)NCC1Cc1ccccc1. The average Bonchev–Trinajstić information content (AvgIpc) is 3.09. The summed E-state index contributed by atoms with van der Waals surface area (Å²) in [7, 11) is 0. The van der Waals surface area contributed by atoms with E-state index >= 15 is 0 Å². The van der Waals surface area contributed by atoms with Crippen LogP contribution in [0, 0.1) is 17.8 Å². The van der Waals surface area contributed by atoms with Crippen molar-refractivity contribution in [1.82, 2.24) is 5.32 Å². The predicted octanol–water partition coefficient (Wildman–Crippen LogP) is 6.11. The Morgan fingerprint density at radius 3 is 2.17 bits per heavy atom. The molecule has 1 N–H and O–H groups in total. The first-order valence-electron chi connectivity index (χ1n) is 12.0. The van der Waals surface area contributed by atoms with Crippen LogP contribution in [0.15, 0.2) is 30.3 Å². The number of benzene rings is 1. The number of carbonyl (C=O) groups is 2. The fraction of sp³-hybridized carbons (Fsp3) is 0.692. The Bertz CT molecular complexity index is 598. The van der Waals surface area contributed by atoms with E-state index in [0.29, 0.717) is 6.54 Å². The standard InChI is InChI=1S/C26H41NO2/c1-3-4-5-6-7-8-9-10-11-13-16-21(2)25(28)24-23(20-27-26(24)29)19-22-17-14-12-15-18-22/h12,14-15,17-18,21,23-24H,3-11,13,16,19-20H2,1-2H3,(H,27,29)/t21-,23?,24-/m1/s1. The first-order chi connectivity index (χ1) is 14.1. The van der Waals surface area contributed by atoms with Gasteiger partial charge in [-0.25, -0.2) is 0 Å². The summed E-state index contributed by atoms with van der Waals surface area (Å²) in [6, 6.07) is 10.2. The molecule has 3 heteroatoms. The van der Waals surface area contributed by atoms with Crippen LogP contribution in [0.5, 0.6) is 0 Å². The predicted molar refractivity (Wildman–Crippen MR) is 121 cm³/mol. The summed E-state index contributed by atoms with van der Waals surface area (Å²) < 4.78 is 0. The number of hydrogen-bond acceptors (Lipinski definition) is 2. The van der Waals surface area contributed by atoms with E-state index in [-0.39, 0.29) is 23.5 Å². The molecule has 0 aliphatic carbocycles. The summed E-state index contributed by atoms with van der Waals surface area (Å²) in [4.78, 5) is 25.3. The van der Waals surface area contributed by atoms with E-state index in [2.05, 4.69) is 24.4 Å². The highest BCUT2D eigenvalue weighted by Crippen LogP contribution is 2.27. The van der Waals surface area contributed by atoms with Gasteiger partial charge in [-0.2, -0.15) is 0 Å². The van der Waals surface area contributed by atoms with Crippen LogP contribution in [0.1, 0.15) is 90.0 Å². The molecule has 2 rings (SSSR count). The van der Waals surface area contributed by atoms with E-state index in [1.54, 1.807) is 0 Å². The quantitative estimate of drug-likeness (QED) is 0.286. The molecule has 0 radical (unpaired) electrons. The smallest absolute Gasteiger partial charge is 0.230 e. The number of rotatable bonds is 15. The van der Waals surface area contributed by atoms with Gasteiger partial charge in [-0.1, -0.05) is 108 Å². The lowest BCUT2D eigenvalue weighted by Gasteiger charge is -2.19. The maximum Gasteiger partial charge on any atom is 0.230 e. The topological polar surface area (TPSA) is 46.2 Å². The minimum atomic E-state index is -0.465. The molecule has 1 unspecified atom stereocenters. The Kier molecular flexibility index (Phi) is 11.1. The molecule has 0 aromatic heterocycles. The zero-order valence-electron chi connectivity index (χ0n) is 18.6. The minimum Gasteiger partial charge on any atom is -0.355 e. The second-order valence-electron chi connectivity index (χ2n) is 8.95. The number of Topliss-reactive ketones (excluding diaryl/α,β-unsaturated/α-hetero) is 1. The lowest BCUT2D eigenvalue weighted by Crippen LogP contribution is -2.32. The highest BCUT2D eigenvalue weighted by atomic mass is 16.2. The van der Waals surface area contributed by atoms with E-state index < -0.39 is 5.92 Å². The number of amides is 1.